The molecule has 0 aliphatic rings. The molecule has 0 bridgehead atoms. The van der Waals surface area contributed by atoms with Gasteiger partial charge in [-0.15, -0.1) is 0 Å². The monoisotopic (exact) mass is 244 g/mol. The van der Waals surface area contributed by atoms with E-state index < -0.39 is 0 Å². The number of hydrogen-bond acceptors (Lipinski definition) is 3. The van der Waals surface area contributed by atoms with Crippen molar-refractivity contribution in [2.45, 2.75) is 26.2 Å². The molecule has 0 spiro atoms. The molecule has 0 aliphatic heterocycles. The van der Waals surface area contributed by atoms with Crippen LogP contribution in [0, 0.1) is 6.92 Å². The molecule has 2 aromatic rings. The Hall–Kier alpha value is -2.10. The zero-order chi connectivity index (χ0) is 13.0. The zero-order valence-electron chi connectivity index (χ0n) is 10.5. The van der Waals surface area contributed by atoms with Crippen LogP contribution in [0.3, 0.4) is 0 Å². The van der Waals surface area contributed by atoms with Gasteiger partial charge in [0.15, 0.2) is 5.82 Å². The van der Waals surface area contributed by atoms with Crippen LogP contribution in [0.15, 0.2) is 40.9 Å². The van der Waals surface area contributed by atoms with Crippen molar-refractivity contribution in [1.29, 1.82) is 0 Å². The molecule has 4 nitrogen and oxygen atoms in total. The lowest BCUT2D eigenvalue weighted by Gasteiger charge is -2.10. The van der Waals surface area contributed by atoms with Crippen LogP contribution >= 0.6 is 0 Å². The molecule has 0 fully saturated rings. The van der Waals surface area contributed by atoms with Crippen molar-refractivity contribution in [3.63, 3.8) is 0 Å². The van der Waals surface area contributed by atoms with E-state index in [-0.39, 0.29) is 11.8 Å². The molecule has 0 saturated carbocycles. The fraction of sp³-hybridized carbons (Fsp3) is 0.286. The molecule has 1 aromatic carbocycles. The summed E-state index contributed by atoms with van der Waals surface area (Å²) in [7, 11) is 0. The highest BCUT2D eigenvalue weighted by atomic mass is 16.5. The number of benzene rings is 1. The molecule has 1 heterocycles. The Morgan fingerprint density at radius 1 is 1.39 bits per heavy atom. The zero-order valence-corrected chi connectivity index (χ0v) is 10.5. The van der Waals surface area contributed by atoms with E-state index in [0.29, 0.717) is 18.0 Å². The average Bonchev–Trinajstić information content (AvgIpc) is 2.75. The number of rotatable bonds is 4. The summed E-state index contributed by atoms with van der Waals surface area (Å²) in [5.74, 6) is 1.28. The molecule has 2 rings (SSSR count). The minimum absolute atomic E-state index is 0.0559. The van der Waals surface area contributed by atoms with Crippen LogP contribution in [0.1, 0.15) is 30.6 Å². The average molecular weight is 244 g/mol. The van der Waals surface area contributed by atoms with Gasteiger partial charge in [-0.05, 0) is 18.4 Å². The Balaban J connectivity index is 1.92. The molecule has 18 heavy (non-hydrogen) atoms. The summed E-state index contributed by atoms with van der Waals surface area (Å²) in [6, 6.07) is 11.7. The van der Waals surface area contributed by atoms with Gasteiger partial charge in [0, 0.05) is 12.5 Å². The number of hydrogen-bond donors (Lipinski definition) is 1. The number of aryl methyl sites for hydroxylation is 1. The van der Waals surface area contributed by atoms with E-state index in [2.05, 4.69) is 10.5 Å². The molecule has 0 aliphatic carbocycles. The second kappa shape index (κ2) is 5.49. The van der Waals surface area contributed by atoms with Gasteiger partial charge in [-0.25, -0.2) is 0 Å². The third-order valence-electron chi connectivity index (χ3n) is 2.76. The van der Waals surface area contributed by atoms with Crippen molar-refractivity contribution < 1.29 is 9.32 Å². The summed E-state index contributed by atoms with van der Waals surface area (Å²) in [5.41, 5.74) is 1.16. The van der Waals surface area contributed by atoms with Crippen LogP contribution in [0.2, 0.25) is 0 Å². The Morgan fingerprint density at radius 2 is 2.11 bits per heavy atom. The molecule has 1 N–H and O–H groups in total. The first-order chi connectivity index (χ1) is 8.65. The first-order valence-electron chi connectivity index (χ1n) is 5.93. The van der Waals surface area contributed by atoms with Gasteiger partial charge in [-0.2, -0.15) is 0 Å². The van der Waals surface area contributed by atoms with Crippen LogP contribution in [0.25, 0.3) is 0 Å². The summed E-state index contributed by atoms with van der Waals surface area (Å²) in [6.07, 6.45) is 0.427. The standard InChI is InChI=1S/C14H16N2O2/c1-10(12-6-4-3-5-7-12)8-14(17)15-13-9-11(2)18-16-13/h3-7,9-10H,8H2,1-2H3,(H,15,16,17). The van der Waals surface area contributed by atoms with Gasteiger partial charge in [0.25, 0.3) is 0 Å². The molecule has 1 aromatic heterocycles. The van der Waals surface area contributed by atoms with E-state index in [1.807, 2.05) is 37.3 Å². The van der Waals surface area contributed by atoms with Crippen molar-refractivity contribution >= 4 is 11.7 Å². The highest BCUT2D eigenvalue weighted by molar-refractivity contribution is 5.90. The third kappa shape index (κ3) is 3.20. The minimum Gasteiger partial charge on any atom is -0.360 e. The molecular weight excluding hydrogens is 228 g/mol. The predicted molar refractivity (Wildman–Crippen MR) is 69.3 cm³/mol. The van der Waals surface area contributed by atoms with Gasteiger partial charge in [0.05, 0.1) is 0 Å². The van der Waals surface area contributed by atoms with Gasteiger partial charge in [-0.3, -0.25) is 4.79 Å². The number of amides is 1. The fourth-order valence-electron chi connectivity index (χ4n) is 1.80. The van der Waals surface area contributed by atoms with Crippen LogP contribution in [0.5, 0.6) is 0 Å². The summed E-state index contributed by atoms with van der Waals surface area (Å²) in [5, 5.41) is 6.45. The lowest BCUT2D eigenvalue weighted by Crippen LogP contribution is -2.14. The third-order valence-corrected chi connectivity index (χ3v) is 2.76. The summed E-state index contributed by atoms with van der Waals surface area (Å²) >= 11 is 0. The highest BCUT2D eigenvalue weighted by Crippen LogP contribution is 2.19. The minimum atomic E-state index is -0.0559. The normalized spacial score (nSPS) is 12.1. The smallest absolute Gasteiger partial charge is 0.226 e. The maximum atomic E-state index is 11.8. The van der Waals surface area contributed by atoms with Crippen molar-refractivity contribution in [3.8, 4) is 0 Å². The van der Waals surface area contributed by atoms with E-state index in [9.17, 15) is 4.79 Å². The topological polar surface area (TPSA) is 55.1 Å². The summed E-state index contributed by atoms with van der Waals surface area (Å²) < 4.78 is 4.89. The summed E-state index contributed by atoms with van der Waals surface area (Å²) in [6.45, 7) is 3.82. The Labute approximate surface area is 106 Å². The SMILES string of the molecule is Cc1cc(NC(=O)CC(C)c2ccccc2)no1. The largest absolute Gasteiger partial charge is 0.360 e. The Bertz CT molecular complexity index is 520. The first kappa shape index (κ1) is 12.4. The quantitative estimate of drug-likeness (QED) is 0.899. The highest BCUT2D eigenvalue weighted by Gasteiger charge is 2.12. The maximum absolute atomic E-state index is 11.8. The van der Waals surface area contributed by atoms with Gasteiger partial charge in [0.1, 0.15) is 5.76 Å². The van der Waals surface area contributed by atoms with E-state index in [1.165, 1.54) is 0 Å². The molecule has 94 valence electrons. The lowest BCUT2D eigenvalue weighted by molar-refractivity contribution is -0.116. The van der Waals surface area contributed by atoms with Crippen molar-refractivity contribution in [3.05, 3.63) is 47.7 Å². The maximum Gasteiger partial charge on any atom is 0.226 e. The molecule has 0 radical (unpaired) electrons. The first-order valence-corrected chi connectivity index (χ1v) is 5.93. The van der Waals surface area contributed by atoms with E-state index in [4.69, 9.17) is 4.52 Å². The van der Waals surface area contributed by atoms with Crippen molar-refractivity contribution in [1.82, 2.24) is 5.16 Å². The van der Waals surface area contributed by atoms with Crippen LogP contribution in [-0.4, -0.2) is 11.1 Å². The van der Waals surface area contributed by atoms with Crippen LogP contribution < -0.4 is 5.32 Å². The van der Waals surface area contributed by atoms with Gasteiger partial charge >= 0.3 is 0 Å². The van der Waals surface area contributed by atoms with Gasteiger partial charge in [-0.1, -0.05) is 42.4 Å². The number of carbonyl (C=O) groups is 1. The fourth-order valence-corrected chi connectivity index (χ4v) is 1.80. The summed E-state index contributed by atoms with van der Waals surface area (Å²) in [4.78, 5) is 11.8. The Kier molecular flexibility index (Phi) is 3.77. The van der Waals surface area contributed by atoms with Gasteiger partial charge < -0.3 is 9.84 Å². The Morgan fingerprint density at radius 3 is 2.72 bits per heavy atom. The number of anilines is 1. The number of carbonyl (C=O) groups excluding carboxylic acids is 1. The van der Waals surface area contributed by atoms with Crippen molar-refractivity contribution in [2.75, 3.05) is 5.32 Å². The van der Waals surface area contributed by atoms with Crippen LogP contribution in [-0.2, 0) is 4.79 Å². The molecule has 1 amide bonds. The van der Waals surface area contributed by atoms with E-state index in [1.54, 1.807) is 13.0 Å². The second-order valence-corrected chi connectivity index (χ2v) is 4.39. The number of nitrogens with zero attached hydrogens (tertiary/aromatic N) is 1. The van der Waals surface area contributed by atoms with E-state index in [0.717, 1.165) is 5.56 Å². The van der Waals surface area contributed by atoms with Crippen LogP contribution in [0.4, 0.5) is 5.82 Å². The molecule has 1 atom stereocenters. The molecule has 0 saturated heterocycles. The van der Waals surface area contributed by atoms with Crippen molar-refractivity contribution in [2.24, 2.45) is 0 Å². The predicted octanol–water partition coefficient (Wildman–Crippen LogP) is 3.12. The molecular formula is C14H16N2O2. The number of aromatic nitrogens is 1. The molecule has 1 unspecified atom stereocenters. The van der Waals surface area contributed by atoms with E-state index >= 15 is 0 Å². The molecule has 4 heteroatoms. The number of nitrogens with one attached hydrogen (secondary N) is 1. The lowest BCUT2D eigenvalue weighted by atomic mass is 9.98. The van der Waals surface area contributed by atoms with Gasteiger partial charge in [0.2, 0.25) is 5.91 Å². The second-order valence-electron chi connectivity index (χ2n) is 4.39.